The van der Waals surface area contributed by atoms with Gasteiger partial charge in [-0.05, 0) is 47.9 Å². The fourth-order valence-corrected chi connectivity index (χ4v) is 2.01. The van der Waals surface area contributed by atoms with Gasteiger partial charge < -0.3 is 9.47 Å². The summed E-state index contributed by atoms with van der Waals surface area (Å²) in [6.07, 6.45) is 2.73. The van der Waals surface area contributed by atoms with Crippen molar-refractivity contribution in [1.82, 2.24) is 0 Å². The van der Waals surface area contributed by atoms with E-state index in [1.54, 1.807) is 0 Å². The van der Waals surface area contributed by atoms with Gasteiger partial charge in [-0.3, -0.25) is 4.79 Å². The highest BCUT2D eigenvalue weighted by Crippen LogP contribution is 2.28. The molecule has 0 saturated heterocycles. The predicted octanol–water partition coefficient (Wildman–Crippen LogP) is 4.23. The third-order valence-corrected chi connectivity index (χ3v) is 3.00. The molecule has 2 rings (SSSR count). The zero-order valence-corrected chi connectivity index (χ0v) is 12.0. The van der Waals surface area contributed by atoms with Crippen molar-refractivity contribution in [3.05, 3.63) is 35.9 Å². The molecule has 3 heteroatoms. The van der Waals surface area contributed by atoms with Crippen LogP contribution in [0.15, 0.2) is 30.3 Å². The fraction of sp³-hybridized carbons (Fsp3) is 0.353. The fourth-order valence-electron chi connectivity index (χ4n) is 2.01. The van der Waals surface area contributed by atoms with Crippen LogP contribution in [0.3, 0.4) is 0 Å². The van der Waals surface area contributed by atoms with E-state index in [0.29, 0.717) is 24.5 Å². The van der Waals surface area contributed by atoms with E-state index in [1.165, 1.54) is 0 Å². The first-order valence-corrected chi connectivity index (χ1v) is 7.07. The van der Waals surface area contributed by atoms with Crippen LogP contribution in [0, 0.1) is 0 Å². The van der Waals surface area contributed by atoms with Crippen molar-refractivity contribution in [3.63, 3.8) is 0 Å². The molecule has 2 aromatic rings. The Morgan fingerprint density at radius 3 is 2.40 bits per heavy atom. The lowest BCUT2D eigenvalue weighted by molar-refractivity contribution is 0.111. The topological polar surface area (TPSA) is 35.5 Å². The summed E-state index contributed by atoms with van der Waals surface area (Å²) in [7, 11) is 0. The van der Waals surface area contributed by atoms with Gasteiger partial charge in [-0.25, -0.2) is 0 Å². The van der Waals surface area contributed by atoms with Gasteiger partial charge in [-0.2, -0.15) is 0 Å². The van der Waals surface area contributed by atoms with E-state index in [2.05, 4.69) is 6.92 Å². The number of ether oxygens (including phenoxy) is 2. The van der Waals surface area contributed by atoms with Crippen molar-refractivity contribution >= 4 is 17.1 Å². The molecule has 0 heterocycles. The Morgan fingerprint density at radius 2 is 1.70 bits per heavy atom. The molecular weight excluding hydrogens is 252 g/mol. The summed E-state index contributed by atoms with van der Waals surface area (Å²) in [5.74, 6) is 1.48. The second-order valence-electron chi connectivity index (χ2n) is 4.71. The van der Waals surface area contributed by atoms with Gasteiger partial charge in [0.15, 0.2) is 6.29 Å². The molecule has 0 atom stereocenters. The van der Waals surface area contributed by atoms with Crippen LogP contribution in [0.4, 0.5) is 0 Å². The molecular formula is C17H20O3. The van der Waals surface area contributed by atoms with Gasteiger partial charge >= 0.3 is 0 Å². The van der Waals surface area contributed by atoms with Crippen LogP contribution < -0.4 is 9.47 Å². The lowest BCUT2D eigenvalue weighted by Crippen LogP contribution is -1.99. The van der Waals surface area contributed by atoms with Crippen molar-refractivity contribution in [3.8, 4) is 11.5 Å². The molecule has 2 aromatic carbocycles. The predicted molar refractivity (Wildman–Crippen MR) is 80.9 cm³/mol. The maximum Gasteiger partial charge on any atom is 0.153 e. The molecule has 0 fully saturated rings. The van der Waals surface area contributed by atoms with Crippen LogP contribution in [0.5, 0.6) is 11.5 Å². The number of benzene rings is 2. The Morgan fingerprint density at radius 1 is 0.950 bits per heavy atom. The zero-order chi connectivity index (χ0) is 14.4. The largest absolute Gasteiger partial charge is 0.494 e. The molecule has 0 saturated carbocycles. The first kappa shape index (κ1) is 14.4. The molecule has 0 aliphatic heterocycles. The van der Waals surface area contributed by atoms with Crippen molar-refractivity contribution in [1.29, 1.82) is 0 Å². The minimum atomic E-state index is 0.582. The van der Waals surface area contributed by atoms with E-state index >= 15 is 0 Å². The molecule has 0 spiro atoms. The second kappa shape index (κ2) is 6.94. The van der Waals surface area contributed by atoms with Crippen molar-refractivity contribution in [2.24, 2.45) is 0 Å². The van der Waals surface area contributed by atoms with Gasteiger partial charge in [0.2, 0.25) is 0 Å². The number of carbonyl (C=O) groups excluding carboxylic acids is 1. The quantitative estimate of drug-likeness (QED) is 0.707. The third kappa shape index (κ3) is 3.29. The van der Waals surface area contributed by atoms with E-state index in [1.807, 2.05) is 37.3 Å². The van der Waals surface area contributed by atoms with Crippen LogP contribution in [-0.4, -0.2) is 19.5 Å². The average molecular weight is 272 g/mol. The highest BCUT2D eigenvalue weighted by Gasteiger charge is 2.06. The summed E-state index contributed by atoms with van der Waals surface area (Å²) in [6.45, 7) is 5.43. The van der Waals surface area contributed by atoms with E-state index in [0.717, 1.165) is 35.6 Å². The van der Waals surface area contributed by atoms with E-state index in [-0.39, 0.29) is 0 Å². The zero-order valence-electron chi connectivity index (χ0n) is 12.0. The number of carbonyl (C=O) groups is 1. The molecule has 0 radical (unpaired) electrons. The molecule has 3 nitrogen and oxygen atoms in total. The normalized spacial score (nSPS) is 10.5. The molecule has 0 N–H and O–H groups in total. The lowest BCUT2D eigenvalue weighted by Gasteiger charge is -2.10. The third-order valence-electron chi connectivity index (χ3n) is 3.00. The second-order valence-corrected chi connectivity index (χ2v) is 4.71. The van der Waals surface area contributed by atoms with Crippen LogP contribution in [-0.2, 0) is 0 Å². The number of hydrogen-bond donors (Lipinski definition) is 0. The smallest absolute Gasteiger partial charge is 0.153 e. The summed E-state index contributed by atoms with van der Waals surface area (Å²) >= 11 is 0. The Labute approximate surface area is 119 Å². The van der Waals surface area contributed by atoms with Gasteiger partial charge in [-0.15, -0.1) is 0 Å². The van der Waals surface area contributed by atoms with Gasteiger partial charge in [-0.1, -0.05) is 19.9 Å². The average Bonchev–Trinajstić information content (AvgIpc) is 2.49. The maximum atomic E-state index is 11.2. The first-order chi connectivity index (χ1) is 9.78. The Balaban J connectivity index is 2.36. The van der Waals surface area contributed by atoms with Crippen molar-refractivity contribution in [2.75, 3.05) is 13.2 Å². The highest BCUT2D eigenvalue weighted by molar-refractivity contribution is 5.93. The Hall–Kier alpha value is -2.03. The monoisotopic (exact) mass is 272 g/mol. The lowest BCUT2D eigenvalue weighted by atomic mass is 10.1. The molecule has 106 valence electrons. The Bertz CT molecular complexity index is 590. The van der Waals surface area contributed by atoms with Gasteiger partial charge in [0.05, 0.1) is 18.8 Å². The Kier molecular flexibility index (Phi) is 4.99. The van der Waals surface area contributed by atoms with Gasteiger partial charge in [0.25, 0.3) is 0 Å². The van der Waals surface area contributed by atoms with Crippen molar-refractivity contribution in [2.45, 2.75) is 26.7 Å². The number of fused-ring (bicyclic) bond motifs is 1. The van der Waals surface area contributed by atoms with Crippen LogP contribution >= 0.6 is 0 Å². The van der Waals surface area contributed by atoms with Crippen LogP contribution in [0.2, 0.25) is 0 Å². The summed E-state index contributed by atoms with van der Waals surface area (Å²) in [6, 6.07) is 9.67. The van der Waals surface area contributed by atoms with E-state index < -0.39 is 0 Å². The van der Waals surface area contributed by atoms with Crippen LogP contribution in [0.25, 0.3) is 10.8 Å². The van der Waals surface area contributed by atoms with Crippen LogP contribution in [0.1, 0.15) is 37.0 Å². The van der Waals surface area contributed by atoms with Gasteiger partial charge in [0, 0.05) is 0 Å². The molecule has 0 aromatic heterocycles. The number of aldehydes is 1. The van der Waals surface area contributed by atoms with Gasteiger partial charge in [0.1, 0.15) is 11.5 Å². The summed E-state index contributed by atoms with van der Waals surface area (Å²) in [5, 5.41) is 2.04. The van der Waals surface area contributed by atoms with E-state index in [9.17, 15) is 4.79 Å². The number of rotatable bonds is 7. The van der Waals surface area contributed by atoms with E-state index in [4.69, 9.17) is 9.47 Å². The molecule has 0 bridgehead atoms. The summed E-state index contributed by atoms with van der Waals surface area (Å²) < 4.78 is 11.2. The molecule has 0 unspecified atom stereocenters. The first-order valence-electron chi connectivity index (χ1n) is 7.07. The highest BCUT2D eigenvalue weighted by atomic mass is 16.5. The van der Waals surface area contributed by atoms with Crippen molar-refractivity contribution < 1.29 is 14.3 Å². The summed E-state index contributed by atoms with van der Waals surface area (Å²) in [5.41, 5.74) is 0.582. The minimum Gasteiger partial charge on any atom is -0.494 e. The molecule has 0 aliphatic carbocycles. The number of hydrogen-bond acceptors (Lipinski definition) is 3. The molecule has 0 aliphatic rings. The SMILES string of the molecule is CCCOc1ccc2cc(OCCC)c(C=O)cc2c1. The standard InChI is InChI=1S/C17H20O3/c1-3-7-19-16-6-5-13-11-17(20-8-4-2)15(12-18)9-14(13)10-16/h5-6,9-12H,3-4,7-8H2,1-2H3. The minimum absolute atomic E-state index is 0.582. The molecule has 20 heavy (non-hydrogen) atoms. The summed E-state index contributed by atoms with van der Waals surface area (Å²) in [4.78, 5) is 11.2. The maximum absolute atomic E-state index is 11.2. The molecule has 0 amide bonds.